The van der Waals surface area contributed by atoms with Crippen LogP contribution in [0.2, 0.25) is 5.02 Å². The van der Waals surface area contributed by atoms with Crippen LogP contribution in [0.25, 0.3) is 0 Å². The van der Waals surface area contributed by atoms with Crippen molar-refractivity contribution >= 4 is 44.6 Å². The van der Waals surface area contributed by atoms with E-state index in [1.807, 2.05) is 79.7 Å². The maximum atomic E-state index is 14.5. The van der Waals surface area contributed by atoms with Gasteiger partial charge in [0, 0.05) is 28.5 Å². The summed E-state index contributed by atoms with van der Waals surface area (Å²) in [7, 11) is -2.42. The average Bonchev–Trinajstić information content (AvgIpc) is 3.04. The summed E-state index contributed by atoms with van der Waals surface area (Å²) < 4.78 is 35.1. The molecule has 0 saturated carbocycles. The number of sulfonamides is 1. The summed E-state index contributed by atoms with van der Waals surface area (Å²) in [5.41, 5.74) is 4.65. The summed E-state index contributed by atoms with van der Waals surface area (Å²) in [5, 5.41) is 0.506. The number of hydrogen-bond donors (Lipinski definition) is 1. The Balaban J connectivity index is 1.53. The standard InChI is InChI=1S/C35H30ClN3O4S/c1-24-12-14-26(15-13-24)37-44(41,42)29-20-21-33-31(22-29)35(40)39(27-16-18-28(43-2)19-17-27)34(30-10-6-7-11-32(30)36)38(33)23-25-8-4-3-5-9-25/h3-22,34,37H,23H2,1-2H3/t34-/m1/s1. The van der Waals surface area contributed by atoms with Crippen molar-refractivity contribution < 1.29 is 17.9 Å². The largest absolute Gasteiger partial charge is 0.497 e. The lowest BCUT2D eigenvalue weighted by molar-refractivity contribution is 0.0968. The first-order chi connectivity index (χ1) is 21.2. The molecule has 7 nitrogen and oxygen atoms in total. The Kier molecular flexibility index (Phi) is 8.03. The van der Waals surface area contributed by atoms with E-state index in [1.54, 1.807) is 48.4 Å². The number of hydrogen-bond acceptors (Lipinski definition) is 5. The number of amides is 1. The second kappa shape index (κ2) is 12.1. The summed E-state index contributed by atoms with van der Waals surface area (Å²) in [5.74, 6) is 0.288. The van der Waals surface area contributed by atoms with Gasteiger partial charge in [0.15, 0.2) is 0 Å². The van der Waals surface area contributed by atoms with Crippen molar-refractivity contribution in [3.05, 3.63) is 149 Å². The van der Waals surface area contributed by atoms with E-state index >= 15 is 0 Å². The Hall–Kier alpha value is -4.79. The molecule has 5 aromatic carbocycles. The van der Waals surface area contributed by atoms with Crippen molar-refractivity contribution in [3.8, 4) is 5.75 Å². The zero-order chi connectivity index (χ0) is 30.8. The minimum absolute atomic E-state index is 0.0179. The van der Waals surface area contributed by atoms with Gasteiger partial charge in [-0.05, 0) is 73.2 Å². The summed E-state index contributed by atoms with van der Waals surface area (Å²) in [4.78, 5) is 18.3. The van der Waals surface area contributed by atoms with E-state index < -0.39 is 16.2 Å². The fraction of sp³-hybridized carbons (Fsp3) is 0.114. The number of carbonyl (C=O) groups excluding carboxylic acids is 1. The molecule has 1 aliphatic rings. The third kappa shape index (κ3) is 5.74. The van der Waals surface area contributed by atoms with Gasteiger partial charge < -0.3 is 9.64 Å². The molecular weight excluding hydrogens is 594 g/mol. The van der Waals surface area contributed by atoms with Gasteiger partial charge in [-0.15, -0.1) is 0 Å². The van der Waals surface area contributed by atoms with Crippen LogP contribution in [0.15, 0.2) is 126 Å². The van der Waals surface area contributed by atoms with Crippen molar-refractivity contribution in [2.24, 2.45) is 0 Å². The van der Waals surface area contributed by atoms with Gasteiger partial charge in [-0.2, -0.15) is 0 Å². The molecule has 0 spiro atoms. The monoisotopic (exact) mass is 623 g/mol. The van der Waals surface area contributed by atoms with Gasteiger partial charge in [-0.1, -0.05) is 77.8 Å². The predicted octanol–water partition coefficient (Wildman–Crippen LogP) is 7.82. The second-order valence-corrected chi connectivity index (χ2v) is 12.6. The van der Waals surface area contributed by atoms with Gasteiger partial charge in [0.2, 0.25) is 0 Å². The van der Waals surface area contributed by atoms with Crippen LogP contribution in [0.3, 0.4) is 0 Å². The Bertz CT molecular complexity index is 1910. The highest BCUT2D eigenvalue weighted by Crippen LogP contribution is 2.45. The molecule has 44 heavy (non-hydrogen) atoms. The molecule has 0 saturated heterocycles. The molecule has 1 N–H and O–H groups in total. The van der Waals surface area contributed by atoms with E-state index in [-0.39, 0.29) is 16.4 Å². The number of aryl methyl sites for hydroxylation is 1. The first-order valence-corrected chi connectivity index (χ1v) is 15.9. The highest BCUT2D eigenvalue weighted by atomic mass is 35.5. The van der Waals surface area contributed by atoms with Crippen molar-refractivity contribution in [2.75, 3.05) is 21.6 Å². The lowest BCUT2D eigenvalue weighted by atomic mass is 9.99. The summed E-state index contributed by atoms with van der Waals surface area (Å²) >= 11 is 6.80. The van der Waals surface area contributed by atoms with Crippen molar-refractivity contribution in [1.29, 1.82) is 0 Å². The van der Waals surface area contributed by atoms with Gasteiger partial charge in [-0.3, -0.25) is 14.4 Å². The number of ether oxygens (including phenoxy) is 1. The lowest BCUT2D eigenvalue weighted by Gasteiger charge is -2.46. The Morgan fingerprint density at radius 2 is 1.52 bits per heavy atom. The number of nitrogens with zero attached hydrogens (tertiary/aromatic N) is 2. The number of halogens is 1. The highest BCUT2D eigenvalue weighted by molar-refractivity contribution is 7.92. The van der Waals surface area contributed by atoms with E-state index in [9.17, 15) is 13.2 Å². The predicted molar refractivity (Wildman–Crippen MR) is 175 cm³/mol. The van der Waals surface area contributed by atoms with Gasteiger partial charge >= 0.3 is 0 Å². The molecule has 0 aliphatic carbocycles. The topological polar surface area (TPSA) is 78.9 Å². The SMILES string of the molecule is COc1ccc(N2C(=O)c3cc(S(=O)(=O)Nc4ccc(C)cc4)ccc3N(Cc3ccccc3)[C@H]2c2ccccc2Cl)cc1. The summed E-state index contributed by atoms with van der Waals surface area (Å²) in [6.45, 7) is 2.36. The van der Waals surface area contributed by atoms with Crippen molar-refractivity contribution in [1.82, 2.24) is 0 Å². The fourth-order valence-electron chi connectivity index (χ4n) is 5.40. The molecule has 5 aromatic rings. The molecule has 0 bridgehead atoms. The maximum Gasteiger partial charge on any atom is 0.262 e. The van der Waals surface area contributed by atoms with Crippen LogP contribution in [0.4, 0.5) is 17.1 Å². The molecule has 9 heteroatoms. The molecule has 1 amide bonds. The molecule has 0 aromatic heterocycles. The van der Waals surface area contributed by atoms with Crippen LogP contribution in [0.5, 0.6) is 5.75 Å². The first kappa shape index (κ1) is 29.3. The minimum atomic E-state index is -4.00. The van der Waals surface area contributed by atoms with Gasteiger partial charge in [0.05, 0.1) is 23.3 Å². The number of fused-ring (bicyclic) bond motifs is 1. The zero-order valence-corrected chi connectivity index (χ0v) is 25.7. The normalized spacial score (nSPS) is 14.7. The van der Waals surface area contributed by atoms with Crippen LogP contribution in [0, 0.1) is 6.92 Å². The van der Waals surface area contributed by atoms with Crippen molar-refractivity contribution in [2.45, 2.75) is 24.5 Å². The van der Waals surface area contributed by atoms with E-state index in [0.29, 0.717) is 34.4 Å². The van der Waals surface area contributed by atoms with Gasteiger partial charge in [0.1, 0.15) is 11.9 Å². The van der Waals surface area contributed by atoms with Crippen LogP contribution in [-0.4, -0.2) is 21.4 Å². The molecule has 0 unspecified atom stereocenters. The molecule has 0 radical (unpaired) electrons. The Morgan fingerprint density at radius 1 is 0.841 bits per heavy atom. The number of benzene rings is 5. The summed E-state index contributed by atoms with van der Waals surface area (Å²) in [6.07, 6.45) is -0.634. The summed E-state index contributed by atoms with van der Waals surface area (Å²) in [6, 6.07) is 36.3. The Labute approximate surface area is 262 Å². The van der Waals surface area contributed by atoms with E-state index in [2.05, 4.69) is 9.62 Å². The number of methoxy groups -OCH3 is 1. The van der Waals surface area contributed by atoms with Crippen molar-refractivity contribution in [3.63, 3.8) is 0 Å². The van der Waals surface area contributed by atoms with Crippen LogP contribution in [-0.2, 0) is 16.6 Å². The molecule has 1 atom stereocenters. The number of carbonyl (C=O) groups is 1. The van der Waals surface area contributed by atoms with Crippen LogP contribution in [0.1, 0.15) is 33.2 Å². The number of nitrogens with one attached hydrogen (secondary N) is 1. The van der Waals surface area contributed by atoms with Crippen LogP contribution < -0.4 is 19.3 Å². The van der Waals surface area contributed by atoms with E-state index in [0.717, 1.165) is 16.7 Å². The molecule has 1 aliphatic heterocycles. The molecule has 0 fully saturated rings. The Morgan fingerprint density at radius 3 is 2.20 bits per heavy atom. The fourth-order valence-corrected chi connectivity index (χ4v) is 6.71. The second-order valence-electron chi connectivity index (χ2n) is 10.5. The van der Waals surface area contributed by atoms with E-state index in [4.69, 9.17) is 16.3 Å². The lowest BCUT2D eigenvalue weighted by Crippen LogP contribution is -2.49. The first-order valence-electron chi connectivity index (χ1n) is 14.0. The molecule has 6 rings (SSSR count). The van der Waals surface area contributed by atoms with Gasteiger partial charge in [-0.25, -0.2) is 8.42 Å². The quantitative estimate of drug-likeness (QED) is 0.191. The average molecular weight is 624 g/mol. The van der Waals surface area contributed by atoms with Gasteiger partial charge in [0.25, 0.3) is 15.9 Å². The minimum Gasteiger partial charge on any atom is -0.497 e. The molecular formula is C35H30ClN3O4S. The maximum absolute atomic E-state index is 14.5. The van der Waals surface area contributed by atoms with E-state index in [1.165, 1.54) is 12.1 Å². The molecule has 1 heterocycles. The number of anilines is 3. The zero-order valence-electron chi connectivity index (χ0n) is 24.1. The number of rotatable bonds is 8. The highest BCUT2D eigenvalue weighted by Gasteiger charge is 2.41. The third-order valence-corrected chi connectivity index (χ3v) is 9.33. The smallest absolute Gasteiger partial charge is 0.262 e. The molecule has 222 valence electrons. The van der Waals surface area contributed by atoms with Crippen LogP contribution >= 0.6 is 11.6 Å². The third-order valence-electron chi connectivity index (χ3n) is 7.61.